The number of aromatic nitrogens is 4. The number of nitrogens with zero attached hydrogens (tertiary/aromatic N) is 3. The van der Waals surface area contributed by atoms with Crippen molar-refractivity contribution in [2.24, 2.45) is 5.10 Å². The summed E-state index contributed by atoms with van der Waals surface area (Å²) in [4.78, 5) is 24.3. The van der Waals surface area contributed by atoms with Crippen molar-refractivity contribution in [1.82, 2.24) is 25.4 Å². The van der Waals surface area contributed by atoms with Crippen molar-refractivity contribution in [3.8, 4) is 5.69 Å². The Morgan fingerprint density at radius 1 is 1.29 bits per heavy atom. The van der Waals surface area contributed by atoms with Crippen LogP contribution in [0.2, 0.25) is 0 Å². The van der Waals surface area contributed by atoms with Crippen molar-refractivity contribution in [2.45, 2.75) is 13.8 Å². The second-order valence-corrected chi connectivity index (χ2v) is 5.26. The predicted molar refractivity (Wildman–Crippen MR) is 89.5 cm³/mol. The van der Waals surface area contributed by atoms with Gasteiger partial charge in [0.2, 0.25) is 0 Å². The molecule has 122 valence electrons. The Balaban J connectivity index is 1.79. The summed E-state index contributed by atoms with van der Waals surface area (Å²) < 4.78 is 1.43. The molecule has 0 bridgehead atoms. The molecule has 3 N–H and O–H groups in total. The Kier molecular flexibility index (Phi) is 4.11. The number of aromatic amines is 2. The lowest BCUT2D eigenvalue weighted by molar-refractivity contribution is 0.0950. The number of carbonyl (C=O) groups is 1. The lowest BCUT2D eigenvalue weighted by Gasteiger charge is -1.99. The van der Waals surface area contributed by atoms with Gasteiger partial charge in [0.25, 0.3) is 11.5 Å². The van der Waals surface area contributed by atoms with Gasteiger partial charge in [-0.3, -0.25) is 19.8 Å². The number of H-pyrrole nitrogens is 2. The first-order chi connectivity index (χ1) is 11.6. The Morgan fingerprint density at radius 2 is 2.04 bits per heavy atom. The second-order valence-electron chi connectivity index (χ2n) is 5.26. The molecule has 1 aromatic carbocycles. The van der Waals surface area contributed by atoms with E-state index in [9.17, 15) is 9.59 Å². The molecule has 0 spiro atoms. The van der Waals surface area contributed by atoms with Gasteiger partial charge in [0.15, 0.2) is 5.69 Å². The van der Waals surface area contributed by atoms with Crippen LogP contribution in [0, 0.1) is 13.8 Å². The van der Waals surface area contributed by atoms with Crippen LogP contribution in [0.5, 0.6) is 0 Å². The monoisotopic (exact) mass is 324 g/mol. The molecule has 8 heteroatoms. The number of benzene rings is 1. The molecule has 0 aliphatic heterocycles. The molecule has 0 radical (unpaired) electrons. The molecule has 0 atom stereocenters. The van der Waals surface area contributed by atoms with E-state index in [2.05, 4.69) is 25.8 Å². The summed E-state index contributed by atoms with van der Waals surface area (Å²) in [7, 11) is 0. The van der Waals surface area contributed by atoms with Crippen LogP contribution >= 0.6 is 0 Å². The summed E-state index contributed by atoms with van der Waals surface area (Å²) in [6.45, 7) is 3.56. The van der Waals surface area contributed by atoms with Crippen molar-refractivity contribution < 1.29 is 4.79 Å². The molecule has 3 aromatic rings. The van der Waals surface area contributed by atoms with Gasteiger partial charge in [-0.1, -0.05) is 18.2 Å². The van der Waals surface area contributed by atoms with Crippen LogP contribution in [0.15, 0.2) is 46.3 Å². The van der Waals surface area contributed by atoms with Gasteiger partial charge >= 0.3 is 0 Å². The number of carbonyl (C=O) groups excluding carboxylic acids is 1. The van der Waals surface area contributed by atoms with Crippen LogP contribution in [0.4, 0.5) is 0 Å². The number of rotatable bonds is 4. The Morgan fingerprint density at radius 3 is 2.71 bits per heavy atom. The van der Waals surface area contributed by atoms with Crippen molar-refractivity contribution in [3.05, 3.63) is 69.4 Å². The van der Waals surface area contributed by atoms with E-state index in [1.165, 1.54) is 10.9 Å². The smallest absolute Gasteiger partial charge is 0.291 e. The zero-order valence-corrected chi connectivity index (χ0v) is 13.2. The molecule has 8 nitrogen and oxygen atoms in total. The highest BCUT2D eigenvalue weighted by Crippen LogP contribution is 2.05. The molecule has 0 saturated carbocycles. The average molecular weight is 324 g/mol. The summed E-state index contributed by atoms with van der Waals surface area (Å²) in [6, 6.07) is 10.8. The third kappa shape index (κ3) is 3.02. The van der Waals surface area contributed by atoms with E-state index in [0.29, 0.717) is 11.3 Å². The fourth-order valence-corrected chi connectivity index (χ4v) is 2.22. The molecule has 0 aliphatic rings. The highest BCUT2D eigenvalue weighted by Gasteiger charge is 2.11. The first-order valence-electron chi connectivity index (χ1n) is 7.28. The molecule has 0 fully saturated rings. The van der Waals surface area contributed by atoms with E-state index >= 15 is 0 Å². The molecule has 2 aromatic heterocycles. The van der Waals surface area contributed by atoms with Crippen LogP contribution < -0.4 is 11.0 Å². The number of aryl methyl sites for hydroxylation is 2. The van der Waals surface area contributed by atoms with Crippen LogP contribution in [0.1, 0.15) is 27.4 Å². The van der Waals surface area contributed by atoms with Gasteiger partial charge in [0.1, 0.15) is 0 Å². The number of nitrogens with one attached hydrogen (secondary N) is 3. The lowest BCUT2D eigenvalue weighted by Crippen LogP contribution is -2.20. The van der Waals surface area contributed by atoms with E-state index in [4.69, 9.17) is 0 Å². The Labute approximate surface area is 137 Å². The Bertz CT molecular complexity index is 949. The normalized spacial score (nSPS) is 11.1. The number of amides is 1. The van der Waals surface area contributed by atoms with Crippen molar-refractivity contribution in [3.63, 3.8) is 0 Å². The van der Waals surface area contributed by atoms with Gasteiger partial charge in [-0.05, 0) is 32.0 Å². The third-order valence-corrected chi connectivity index (χ3v) is 3.43. The maximum atomic E-state index is 12.4. The van der Waals surface area contributed by atoms with Crippen molar-refractivity contribution in [2.75, 3.05) is 0 Å². The minimum Gasteiger partial charge on any atom is -0.295 e. The zero-order chi connectivity index (χ0) is 17.1. The van der Waals surface area contributed by atoms with Crippen molar-refractivity contribution in [1.29, 1.82) is 0 Å². The second kappa shape index (κ2) is 6.37. The number of hydrazone groups is 1. The minimum absolute atomic E-state index is 0.233. The molecule has 0 unspecified atom stereocenters. The molecule has 0 aliphatic carbocycles. The zero-order valence-electron chi connectivity index (χ0n) is 13.2. The predicted octanol–water partition coefficient (Wildman–Crippen LogP) is 1.27. The van der Waals surface area contributed by atoms with Crippen LogP contribution in [-0.2, 0) is 0 Å². The first kappa shape index (κ1) is 15.5. The lowest BCUT2D eigenvalue weighted by atomic mass is 10.3. The first-order valence-corrected chi connectivity index (χ1v) is 7.28. The quantitative estimate of drug-likeness (QED) is 0.497. The number of para-hydroxylation sites is 1. The summed E-state index contributed by atoms with van der Waals surface area (Å²) in [5, 5.41) is 13.3. The van der Waals surface area contributed by atoms with Gasteiger partial charge in [0, 0.05) is 11.4 Å². The third-order valence-electron chi connectivity index (χ3n) is 3.43. The molecule has 24 heavy (non-hydrogen) atoms. The van der Waals surface area contributed by atoms with E-state index in [-0.39, 0.29) is 11.3 Å². The highest BCUT2D eigenvalue weighted by atomic mass is 16.2. The van der Waals surface area contributed by atoms with Crippen LogP contribution in [0.25, 0.3) is 5.69 Å². The minimum atomic E-state index is -0.452. The van der Waals surface area contributed by atoms with E-state index < -0.39 is 5.91 Å². The Hall–Kier alpha value is -3.42. The topological polar surface area (TPSA) is 108 Å². The molecule has 3 rings (SSSR count). The molecule has 0 saturated heterocycles. The summed E-state index contributed by atoms with van der Waals surface area (Å²) in [5.74, 6) is -0.452. The molecule has 1 amide bonds. The number of hydrogen-bond acceptors (Lipinski definition) is 4. The van der Waals surface area contributed by atoms with Crippen LogP contribution in [0.3, 0.4) is 0 Å². The van der Waals surface area contributed by atoms with E-state index in [0.717, 1.165) is 11.4 Å². The van der Waals surface area contributed by atoms with Crippen molar-refractivity contribution >= 4 is 12.1 Å². The largest absolute Gasteiger partial charge is 0.295 e. The van der Waals surface area contributed by atoms with E-state index in [1.54, 1.807) is 19.9 Å². The molecular formula is C16H16N6O2. The maximum Gasteiger partial charge on any atom is 0.291 e. The average Bonchev–Trinajstić information content (AvgIpc) is 3.13. The van der Waals surface area contributed by atoms with Gasteiger partial charge in [-0.2, -0.15) is 10.2 Å². The molecular weight excluding hydrogens is 308 g/mol. The standard InChI is InChI=1S/C16H16N6O2/c1-10-8-14(19-18-10)15(23)20-17-9-13-11(2)21-22(16(13)24)12-6-4-3-5-7-12/h3-9,21H,1-2H3,(H,18,19)(H,20,23)/b17-9+. The fraction of sp³-hybridized carbons (Fsp3) is 0.125. The van der Waals surface area contributed by atoms with Gasteiger partial charge < -0.3 is 0 Å². The van der Waals surface area contributed by atoms with Crippen LogP contribution in [-0.4, -0.2) is 32.1 Å². The summed E-state index contributed by atoms with van der Waals surface area (Å²) in [6.07, 6.45) is 1.32. The van der Waals surface area contributed by atoms with Gasteiger partial charge in [-0.15, -0.1) is 0 Å². The van der Waals surface area contributed by atoms with Gasteiger partial charge in [0.05, 0.1) is 17.5 Å². The fourth-order valence-electron chi connectivity index (χ4n) is 2.22. The van der Waals surface area contributed by atoms with Gasteiger partial charge in [-0.25, -0.2) is 10.1 Å². The maximum absolute atomic E-state index is 12.4. The van der Waals surface area contributed by atoms with E-state index in [1.807, 2.05) is 30.3 Å². The summed E-state index contributed by atoms with van der Waals surface area (Å²) >= 11 is 0. The SMILES string of the molecule is Cc1cc(C(=O)N/N=C/c2c(C)[nH]n(-c3ccccc3)c2=O)n[nH]1. The highest BCUT2D eigenvalue weighted by molar-refractivity contribution is 5.93. The molecule has 2 heterocycles. The summed E-state index contributed by atoms with van der Waals surface area (Å²) in [5.41, 5.74) is 4.86. The number of hydrogen-bond donors (Lipinski definition) is 3.